The van der Waals surface area contributed by atoms with Crippen molar-refractivity contribution in [2.45, 2.75) is 23.6 Å². The van der Waals surface area contributed by atoms with E-state index >= 15 is 0 Å². The normalized spacial score (nSPS) is 11.8. The molecule has 0 spiro atoms. The third-order valence-electron chi connectivity index (χ3n) is 3.73. The molecule has 124 valence electrons. The van der Waals surface area contributed by atoms with Crippen LogP contribution in [-0.2, 0) is 9.84 Å². The van der Waals surface area contributed by atoms with E-state index in [1.54, 1.807) is 30.3 Å². The second-order valence-electron chi connectivity index (χ2n) is 5.71. The van der Waals surface area contributed by atoms with Gasteiger partial charge in [0, 0.05) is 15.9 Å². The number of carbonyl (C=O) groups excluding carboxylic acids is 1. The number of fused-ring (bicyclic) bond motifs is 1. The van der Waals surface area contributed by atoms with Gasteiger partial charge in [-0.1, -0.05) is 23.7 Å². The lowest BCUT2D eigenvalue weighted by Gasteiger charge is -2.08. The Morgan fingerprint density at radius 3 is 2.29 bits per heavy atom. The van der Waals surface area contributed by atoms with E-state index in [0.29, 0.717) is 15.9 Å². The van der Waals surface area contributed by atoms with Crippen molar-refractivity contribution >= 4 is 38.2 Å². The van der Waals surface area contributed by atoms with Crippen molar-refractivity contribution in [3.8, 4) is 0 Å². The van der Waals surface area contributed by atoms with E-state index in [-0.39, 0.29) is 15.5 Å². The molecule has 0 bridgehead atoms. The molecule has 3 rings (SSSR count). The van der Waals surface area contributed by atoms with E-state index in [4.69, 9.17) is 17.3 Å². The number of halogens is 1. The average molecular weight is 363 g/mol. The number of primary amides is 1. The molecule has 0 saturated carbocycles. The summed E-state index contributed by atoms with van der Waals surface area (Å²) < 4.78 is 26.3. The van der Waals surface area contributed by atoms with Crippen LogP contribution in [0.15, 0.2) is 46.2 Å². The Morgan fingerprint density at radius 2 is 1.71 bits per heavy atom. The van der Waals surface area contributed by atoms with Gasteiger partial charge in [0.25, 0.3) is 5.91 Å². The predicted molar refractivity (Wildman–Crippen MR) is 93.2 cm³/mol. The zero-order chi connectivity index (χ0) is 17.6. The molecule has 5 nitrogen and oxygen atoms in total. The van der Waals surface area contributed by atoms with Crippen molar-refractivity contribution in [1.29, 1.82) is 0 Å². The van der Waals surface area contributed by atoms with Gasteiger partial charge in [0.2, 0.25) is 9.84 Å². The minimum absolute atomic E-state index is 0.119. The van der Waals surface area contributed by atoms with Gasteiger partial charge >= 0.3 is 0 Å². The Balaban J connectivity index is 2.39. The molecule has 3 N–H and O–H groups in total. The molecule has 0 radical (unpaired) electrons. The molecule has 0 aliphatic heterocycles. The van der Waals surface area contributed by atoms with Crippen LogP contribution < -0.4 is 5.73 Å². The summed E-state index contributed by atoms with van der Waals surface area (Å²) in [4.78, 5) is 14.6. The first-order chi connectivity index (χ1) is 11.2. The molecule has 0 aliphatic carbocycles. The fourth-order valence-electron chi connectivity index (χ4n) is 2.80. The average Bonchev–Trinajstić information content (AvgIpc) is 2.85. The van der Waals surface area contributed by atoms with E-state index in [2.05, 4.69) is 4.98 Å². The number of aromatic nitrogens is 1. The van der Waals surface area contributed by atoms with E-state index in [9.17, 15) is 13.2 Å². The van der Waals surface area contributed by atoms with Gasteiger partial charge in [0.15, 0.2) is 0 Å². The number of amides is 1. The molecule has 1 aromatic heterocycles. The second kappa shape index (κ2) is 5.65. The van der Waals surface area contributed by atoms with Crippen LogP contribution in [0.2, 0.25) is 5.02 Å². The van der Waals surface area contributed by atoms with E-state index < -0.39 is 15.7 Å². The fourth-order valence-corrected chi connectivity index (χ4v) is 4.78. The summed E-state index contributed by atoms with van der Waals surface area (Å²) in [5.74, 6) is -0.842. The predicted octanol–water partition coefficient (Wildman–Crippen LogP) is 3.37. The van der Waals surface area contributed by atoms with Crippen LogP contribution in [0.4, 0.5) is 0 Å². The molecule has 0 unspecified atom stereocenters. The summed E-state index contributed by atoms with van der Waals surface area (Å²) in [7, 11) is -3.93. The fraction of sp³-hybridized carbons (Fsp3) is 0.118. The lowest BCUT2D eigenvalue weighted by molar-refractivity contribution is 0.0993. The molecule has 1 amide bonds. The minimum atomic E-state index is -3.93. The summed E-state index contributed by atoms with van der Waals surface area (Å²) in [5.41, 5.74) is 7.31. The number of aromatic amines is 1. The highest BCUT2D eigenvalue weighted by Gasteiger charge is 2.29. The van der Waals surface area contributed by atoms with Gasteiger partial charge in [-0.25, -0.2) is 8.42 Å². The maximum atomic E-state index is 13.2. The molecule has 0 fully saturated rings. The zero-order valence-corrected chi connectivity index (χ0v) is 14.6. The van der Waals surface area contributed by atoms with Gasteiger partial charge < -0.3 is 10.7 Å². The topological polar surface area (TPSA) is 93.0 Å². The minimum Gasteiger partial charge on any atom is -0.364 e. The first-order valence-electron chi connectivity index (χ1n) is 7.14. The number of nitrogens with two attached hydrogens (primary N) is 1. The van der Waals surface area contributed by atoms with E-state index in [1.165, 1.54) is 0 Å². The van der Waals surface area contributed by atoms with Crippen molar-refractivity contribution < 1.29 is 13.2 Å². The number of rotatable bonds is 3. The molecule has 3 aromatic rings. The molecule has 1 heterocycles. The number of hydrogen-bond acceptors (Lipinski definition) is 3. The smallest absolute Gasteiger partial charge is 0.266 e. The molecule has 0 atom stereocenters. The van der Waals surface area contributed by atoms with Crippen molar-refractivity contribution in [3.05, 3.63) is 58.2 Å². The Labute approximate surface area is 144 Å². The van der Waals surface area contributed by atoms with Crippen molar-refractivity contribution in [1.82, 2.24) is 4.98 Å². The van der Waals surface area contributed by atoms with Crippen molar-refractivity contribution in [2.24, 2.45) is 5.73 Å². The Morgan fingerprint density at radius 1 is 1.08 bits per heavy atom. The van der Waals surface area contributed by atoms with Crippen LogP contribution >= 0.6 is 11.6 Å². The highest BCUT2D eigenvalue weighted by Crippen LogP contribution is 2.33. The quantitative estimate of drug-likeness (QED) is 0.748. The largest absolute Gasteiger partial charge is 0.364 e. The lowest BCUT2D eigenvalue weighted by atomic mass is 10.2. The number of carbonyl (C=O) groups is 1. The molecule has 0 aliphatic rings. The van der Waals surface area contributed by atoms with Gasteiger partial charge in [0.1, 0.15) is 10.6 Å². The number of nitrogens with one attached hydrogen (secondary N) is 1. The standard InChI is InChI=1S/C17H15ClN2O3S/c1-9-5-10(2)7-12(6-9)24(22,23)16-13-4-3-11(18)8-14(13)20-15(16)17(19)21/h3-8,20H,1-2H3,(H2,19,21). The van der Waals surface area contributed by atoms with Crippen LogP contribution in [0.1, 0.15) is 21.6 Å². The Hall–Kier alpha value is -2.31. The third-order valence-corrected chi connectivity index (χ3v) is 5.79. The number of hydrogen-bond donors (Lipinski definition) is 2. The van der Waals surface area contributed by atoms with Gasteiger partial charge in [0.05, 0.1) is 4.90 Å². The van der Waals surface area contributed by atoms with Crippen molar-refractivity contribution in [2.75, 3.05) is 0 Å². The van der Waals surface area contributed by atoms with Gasteiger partial charge in [-0.05, 0) is 49.2 Å². The number of benzene rings is 2. The number of H-pyrrole nitrogens is 1. The highest BCUT2D eigenvalue weighted by atomic mass is 35.5. The van der Waals surface area contributed by atoms with Crippen LogP contribution in [-0.4, -0.2) is 19.3 Å². The van der Waals surface area contributed by atoms with Crippen LogP contribution in [0.5, 0.6) is 0 Å². The first-order valence-corrected chi connectivity index (χ1v) is 9.00. The van der Waals surface area contributed by atoms with Gasteiger partial charge in [-0.2, -0.15) is 0 Å². The van der Waals surface area contributed by atoms with Gasteiger partial charge in [-0.3, -0.25) is 4.79 Å². The van der Waals surface area contributed by atoms with Crippen molar-refractivity contribution in [3.63, 3.8) is 0 Å². The summed E-state index contributed by atoms with van der Waals surface area (Å²) in [6.45, 7) is 3.63. The summed E-state index contributed by atoms with van der Waals surface area (Å²) in [6.07, 6.45) is 0. The van der Waals surface area contributed by atoms with E-state index in [0.717, 1.165) is 11.1 Å². The maximum absolute atomic E-state index is 13.2. The highest BCUT2D eigenvalue weighted by molar-refractivity contribution is 7.91. The lowest BCUT2D eigenvalue weighted by Crippen LogP contribution is -2.16. The number of aryl methyl sites for hydroxylation is 2. The SMILES string of the molecule is Cc1cc(C)cc(S(=O)(=O)c2c(C(N)=O)[nH]c3cc(Cl)ccc23)c1. The van der Waals surface area contributed by atoms with Crippen LogP contribution in [0, 0.1) is 13.8 Å². The summed E-state index contributed by atoms with van der Waals surface area (Å²) in [5, 5.41) is 0.808. The molecular weight excluding hydrogens is 348 g/mol. The molecule has 24 heavy (non-hydrogen) atoms. The van der Waals surface area contributed by atoms with Crippen LogP contribution in [0.25, 0.3) is 10.9 Å². The van der Waals surface area contributed by atoms with Crippen LogP contribution in [0.3, 0.4) is 0 Å². The zero-order valence-electron chi connectivity index (χ0n) is 13.1. The molecule has 7 heteroatoms. The monoisotopic (exact) mass is 362 g/mol. The maximum Gasteiger partial charge on any atom is 0.266 e. The van der Waals surface area contributed by atoms with Gasteiger partial charge in [-0.15, -0.1) is 0 Å². The molecule has 2 aromatic carbocycles. The Bertz CT molecular complexity index is 1060. The number of sulfone groups is 1. The first kappa shape index (κ1) is 16.5. The second-order valence-corrected chi connectivity index (χ2v) is 8.03. The summed E-state index contributed by atoms with van der Waals surface area (Å²) in [6, 6.07) is 9.72. The summed E-state index contributed by atoms with van der Waals surface area (Å²) >= 11 is 5.95. The third kappa shape index (κ3) is 2.68. The van der Waals surface area contributed by atoms with E-state index in [1.807, 2.05) is 19.9 Å². The molecule has 0 saturated heterocycles. The molecular formula is C17H15ClN2O3S. The Kier molecular flexibility index (Phi) is 3.89.